The quantitative estimate of drug-likeness (QED) is 0.166. The van der Waals surface area contributed by atoms with Gasteiger partial charge >= 0.3 is 5.97 Å². The fraction of sp³-hybridized carbons (Fsp3) is 0.794. The summed E-state index contributed by atoms with van der Waals surface area (Å²) in [7, 11) is 1.67. The summed E-state index contributed by atoms with van der Waals surface area (Å²) in [5.41, 5.74) is 0.841. The van der Waals surface area contributed by atoms with Crippen molar-refractivity contribution in [2.24, 2.45) is 29.1 Å². The standard InChI is InChI=1S/C34H54O11/c1-9-33(5,6)42-16-24-30(43-19(4)36)28(39)29(40)32(44-24)45-31-26-22(17(2)14-35)12-25(37)34(26,7)13-23-20(15-41-8)10-11-21(23)18(3)27(31)38/h9,13,17-18,20-21,24-25,27-32,35,37-40H,1,10-12,14-16H2,2-8H3/b23-13-/t17-,18-,20-,21+,24-,25+,27-,28+,29+,30-,31+,32-,34+/m1/s1. The topological polar surface area (TPSA) is 164 Å². The zero-order chi connectivity index (χ0) is 33.4. The molecule has 1 aliphatic heterocycles. The van der Waals surface area contributed by atoms with Gasteiger partial charge in [-0.15, -0.1) is 6.58 Å². The predicted octanol–water partition coefficient (Wildman–Crippen LogP) is 2.04. The first-order valence-corrected chi connectivity index (χ1v) is 16.1. The fourth-order valence-electron chi connectivity index (χ4n) is 7.65. The Balaban J connectivity index is 1.78. The Hall–Kier alpha value is -1.67. The van der Waals surface area contributed by atoms with Crippen molar-refractivity contribution in [3.05, 3.63) is 35.5 Å². The van der Waals surface area contributed by atoms with E-state index in [-0.39, 0.29) is 43.3 Å². The summed E-state index contributed by atoms with van der Waals surface area (Å²) in [6.45, 7) is 14.6. The van der Waals surface area contributed by atoms with Crippen molar-refractivity contribution in [3.8, 4) is 0 Å². The van der Waals surface area contributed by atoms with Crippen molar-refractivity contribution in [3.63, 3.8) is 0 Å². The van der Waals surface area contributed by atoms with Crippen molar-refractivity contribution in [2.75, 3.05) is 26.9 Å². The molecule has 0 aromatic heterocycles. The number of carbonyl (C=O) groups is 1. The minimum atomic E-state index is -1.65. The fourth-order valence-corrected chi connectivity index (χ4v) is 7.65. The van der Waals surface area contributed by atoms with Gasteiger partial charge in [-0.1, -0.05) is 37.1 Å². The molecular weight excluding hydrogens is 584 g/mol. The lowest BCUT2D eigenvalue weighted by molar-refractivity contribution is -0.320. The lowest BCUT2D eigenvalue weighted by Crippen LogP contribution is -2.62. The van der Waals surface area contributed by atoms with E-state index in [9.17, 15) is 30.3 Å². The summed E-state index contributed by atoms with van der Waals surface area (Å²) in [5, 5.41) is 56.4. The summed E-state index contributed by atoms with van der Waals surface area (Å²) in [4.78, 5) is 11.9. The molecule has 0 aromatic rings. The normalized spacial score (nSPS) is 42.2. The molecule has 0 aromatic carbocycles. The van der Waals surface area contributed by atoms with Crippen molar-refractivity contribution in [1.82, 2.24) is 0 Å². The Morgan fingerprint density at radius 1 is 1.18 bits per heavy atom. The van der Waals surface area contributed by atoms with Gasteiger partial charge in [0.25, 0.3) is 0 Å². The molecule has 5 N–H and O–H groups in total. The molecule has 11 heteroatoms. The highest BCUT2D eigenvalue weighted by atomic mass is 16.7. The van der Waals surface area contributed by atoms with Gasteiger partial charge in [-0.3, -0.25) is 4.79 Å². The van der Waals surface area contributed by atoms with Crippen molar-refractivity contribution in [2.45, 2.75) is 115 Å². The summed E-state index contributed by atoms with van der Waals surface area (Å²) in [5.74, 6) is -1.13. The third kappa shape index (κ3) is 7.12. The summed E-state index contributed by atoms with van der Waals surface area (Å²) >= 11 is 0. The molecule has 0 spiro atoms. The van der Waals surface area contributed by atoms with Gasteiger partial charge in [-0.25, -0.2) is 0 Å². The van der Waals surface area contributed by atoms with Crippen LogP contribution in [0.1, 0.15) is 60.8 Å². The number of aliphatic hydroxyl groups excluding tert-OH is 5. The van der Waals surface area contributed by atoms with Crippen LogP contribution >= 0.6 is 0 Å². The molecular formula is C34H54O11. The number of methoxy groups -OCH3 is 1. The molecule has 11 nitrogen and oxygen atoms in total. The number of fused-ring (bicyclic) bond motifs is 2. The molecule has 0 amide bonds. The largest absolute Gasteiger partial charge is 0.457 e. The molecule has 13 atom stereocenters. The van der Waals surface area contributed by atoms with E-state index in [1.54, 1.807) is 27.0 Å². The number of rotatable bonds is 11. The number of hydrogen-bond acceptors (Lipinski definition) is 11. The van der Waals surface area contributed by atoms with Gasteiger partial charge < -0.3 is 49.2 Å². The number of hydrogen-bond donors (Lipinski definition) is 5. The summed E-state index contributed by atoms with van der Waals surface area (Å²) in [6.07, 6.45) is -4.23. The van der Waals surface area contributed by atoms with Crippen molar-refractivity contribution >= 4 is 5.97 Å². The third-order valence-corrected chi connectivity index (χ3v) is 10.6. The van der Waals surface area contributed by atoms with E-state index in [4.69, 9.17) is 23.7 Å². The Kier molecular flexibility index (Phi) is 11.4. The SMILES string of the molecule is C=CC(C)(C)OC[C@H]1O[C@H](O[C@H]2C3=C([C@H](C)CO)C[C@H](O)[C@]3(C)/C=C3/[C@@H](COC)CC[C@H]3[C@@H](C)[C@H]2O)[C@@H](O)[C@H](O)[C@@H]1OC(C)=O. The van der Waals surface area contributed by atoms with E-state index >= 15 is 0 Å². The molecule has 1 saturated carbocycles. The maximum Gasteiger partial charge on any atom is 0.303 e. The van der Waals surface area contributed by atoms with Crippen LogP contribution in [0.5, 0.6) is 0 Å². The molecule has 0 unspecified atom stereocenters. The van der Waals surface area contributed by atoms with Crippen molar-refractivity contribution in [1.29, 1.82) is 0 Å². The molecule has 256 valence electrons. The van der Waals surface area contributed by atoms with Crippen LogP contribution in [0.25, 0.3) is 0 Å². The Morgan fingerprint density at radius 2 is 1.87 bits per heavy atom. The van der Waals surface area contributed by atoms with Gasteiger partial charge in [-0.05, 0) is 57.4 Å². The summed E-state index contributed by atoms with van der Waals surface area (Å²) < 4.78 is 29.6. The van der Waals surface area contributed by atoms with E-state index in [0.717, 1.165) is 24.0 Å². The molecule has 3 aliphatic carbocycles. The number of ether oxygens (including phenoxy) is 5. The minimum absolute atomic E-state index is 0.00885. The first-order chi connectivity index (χ1) is 21.1. The Labute approximate surface area is 266 Å². The van der Waals surface area contributed by atoms with E-state index in [1.807, 2.05) is 20.8 Å². The lowest BCUT2D eigenvalue weighted by Gasteiger charge is -2.47. The zero-order valence-corrected chi connectivity index (χ0v) is 27.7. The van der Waals surface area contributed by atoms with Crippen LogP contribution in [0.4, 0.5) is 0 Å². The van der Waals surface area contributed by atoms with Crippen LogP contribution < -0.4 is 0 Å². The number of carbonyl (C=O) groups excluding carboxylic acids is 1. The average Bonchev–Trinajstić information content (AvgIpc) is 3.49. The molecule has 2 fully saturated rings. The first kappa shape index (κ1) is 36.2. The third-order valence-electron chi connectivity index (χ3n) is 10.6. The van der Waals surface area contributed by atoms with Crippen LogP contribution in [-0.2, 0) is 28.5 Å². The van der Waals surface area contributed by atoms with Crippen LogP contribution in [0.2, 0.25) is 0 Å². The van der Waals surface area contributed by atoms with Crippen LogP contribution in [0, 0.1) is 29.1 Å². The van der Waals surface area contributed by atoms with Gasteiger partial charge in [0.2, 0.25) is 0 Å². The van der Waals surface area contributed by atoms with E-state index < -0.39 is 66.0 Å². The second-order valence-corrected chi connectivity index (χ2v) is 14.1. The molecule has 4 rings (SSSR count). The number of aliphatic hydroxyl groups is 5. The Bertz CT molecular complexity index is 1130. The second-order valence-electron chi connectivity index (χ2n) is 14.1. The van der Waals surface area contributed by atoms with Crippen LogP contribution in [0.15, 0.2) is 35.5 Å². The number of esters is 1. The van der Waals surface area contributed by atoms with Gasteiger partial charge in [0, 0.05) is 37.9 Å². The average molecular weight is 639 g/mol. The smallest absolute Gasteiger partial charge is 0.303 e. The highest BCUT2D eigenvalue weighted by Crippen LogP contribution is 2.55. The second kappa shape index (κ2) is 14.2. The monoisotopic (exact) mass is 638 g/mol. The maximum atomic E-state index is 12.1. The molecule has 4 aliphatic rings. The van der Waals surface area contributed by atoms with Gasteiger partial charge in [0.15, 0.2) is 12.4 Å². The lowest BCUT2D eigenvalue weighted by atomic mass is 9.68. The van der Waals surface area contributed by atoms with E-state index in [0.29, 0.717) is 12.2 Å². The van der Waals surface area contributed by atoms with Crippen LogP contribution in [0.3, 0.4) is 0 Å². The zero-order valence-electron chi connectivity index (χ0n) is 27.7. The summed E-state index contributed by atoms with van der Waals surface area (Å²) in [6, 6.07) is 0. The van der Waals surface area contributed by atoms with Gasteiger partial charge in [0.05, 0.1) is 31.0 Å². The maximum absolute atomic E-state index is 12.1. The Morgan fingerprint density at radius 3 is 2.47 bits per heavy atom. The van der Waals surface area contributed by atoms with Gasteiger partial charge in [-0.2, -0.15) is 0 Å². The predicted molar refractivity (Wildman–Crippen MR) is 165 cm³/mol. The molecule has 1 heterocycles. The van der Waals surface area contributed by atoms with E-state index in [2.05, 4.69) is 12.7 Å². The van der Waals surface area contributed by atoms with Crippen molar-refractivity contribution < 1.29 is 54.0 Å². The van der Waals surface area contributed by atoms with Crippen LogP contribution in [-0.4, -0.2) is 113 Å². The molecule has 0 radical (unpaired) electrons. The minimum Gasteiger partial charge on any atom is -0.457 e. The first-order valence-electron chi connectivity index (χ1n) is 16.1. The molecule has 0 bridgehead atoms. The highest BCUT2D eigenvalue weighted by Gasteiger charge is 2.55. The van der Waals surface area contributed by atoms with E-state index in [1.165, 1.54) is 6.92 Å². The molecule has 1 saturated heterocycles. The van der Waals surface area contributed by atoms with Gasteiger partial charge in [0.1, 0.15) is 24.4 Å². The molecule has 45 heavy (non-hydrogen) atoms. The highest BCUT2D eigenvalue weighted by molar-refractivity contribution is 5.66.